The number of aryl methyl sites for hydroxylation is 1. The van der Waals surface area contributed by atoms with E-state index in [0.29, 0.717) is 25.9 Å². The van der Waals surface area contributed by atoms with E-state index in [9.17, 15) is 9.90 Å². The summed E-state index contributed by atoms with van der Waals surface area (Å²) in [6.07, 6.45) is 2.84. The van der Waals surface area contributed by atoms with E-state index in [-0.39, 0.29) is 11.3 Å². The van der Waals surface area contributed by atoms with Gasteiger partial charge in [0.2, 0.25) is 5.91 Å². The normalized spacial score (nSPS) is 25.6. The molecule has 0 radical (unpaired) electrons. The SMILES string of the molecule is CC1(C)CN(C(=O)CCc2ccccn2)C[C@@]1(C)O. The molecule has 1 N–H and O–H groups in total. The van der Waals surface area contributed by atoms with Crippen LogP contribution in [0, 0.1) is 5.41 Å². The Morgan fingerprint density at radius 1 is 1.37 bits per heavy atom. The minimum Gasteiger partial charge on any atom is -0.388 e. The van der Waals surface area contributed by atoms with Gasteiger partial charge in [-0.1, -0.05) is 19.9 Å². The van der Waals surface area contributed by atoms with Crippen molar-refractivity contribution in [1.82, 2.24) is 9.88 Å². The molecule has 2 rings (SSSR count). The van der Waals surface area contributed by atoms with Crippen molar-refractivity contribution in [3.05, 3.63) is 30.1 Å². The lowest BCUT2D eigenvalue weighted by Crippen LogP contribution is -2.40. The fraction of sp³-hybridized carbons (Fsp3) is 0.600. The number of carbonyl (C=O) groups excluding carboxylic acids is 1. The molecular weight excluding hydrogens is 240 g/mol. The molecule has 19 heavy (non-hydrogen) atoms. The summed E-state index contributed by atoms with van der Waals surface area (Å²) in [7, 11) is 0. The van der Waals surface area contributed by atoms with E-state index >= 15 is 0 Å². The molecule has 2 heterocycles. The topological polar surface area (TPSA) is 53.4 Å². The third kappa shape index (κ3) is 2.95. The van der Waals surface area contributed by atoms with Gasteiger partial charge in [0.25, 0.3) is 0 Å². The lowest BCUT2D eigenvalue weighted by molar-refractivity contribution is -0.131. The molecule has 4 heteroatoms. The molecule has 1 atom stereocenters. The first-order valence-corrected chi connectivity index (χ1v) is 6.72. The molecule has 0 spiro atoms. The van der Waals surface area contributed by atoms with Gasteiger partial charge in [-0.3, -0.25) is 9.78 Å². The van der Waals surface area contributed by atoms with Crippen LogP contribution in [0.15, 0.2) is 24.4 Å². The number of aliphatic hydroxyl groups is 1. The Hall–Kier alpha value is -1.42. The summed E-state index contributed by atoms with van der Waals surface area (Å²) in [5.41, 5.74) is -0.137. The molecule has 1 aliphatic rings. The van der Waals surface area contributed by atoms with Crippen LogP contribution in [-0.2, 0) is 11.2 Å². The van der Waals surface area contributed by atoms with Gasteiger partial charge in [-0.2, -0.15) is 0 Å². The van der Waals surface area contributed by atoms with Crippen LogP contribution in [0.2, 0.25) is 0 Å². The number of pyridine rings is 1. The van der Waals surface area contributed by atoms with Crippen LogP contribution in [0.3, 0.4) is 0 Å². The predicted molar refractivity (Wildman–Crippen MR) is 73.5 cm³/mol. The summed E-state index contributed by atoms with van der Waals surface area (Å²) >= 11 is 0. The second-order valence-corrected chi connectivity index (χ2v) is 6.23. The number of aromatic nitrogens is 1. The van der Waals surface area contributed by atoms with Gasteiger partial charge in [-0.05, 0) is 25.5 Å². The molecule has 1 aliphatic heterocycles. The average molecular weight is 262 g/mol. The number of amides is 1. The van der Waals surface area contributed by atoms with Gasteiger partial charge in [0.15, 0.2) is 0 Å². The molecule has 1 aromatic heterocycles. The fourth-order valence-corrected chi connectivity index (χ4v) is 2.40. The van der Waals surface area contributed by atoms with Crippen LogP contribution in [0.5, 0.6) is 0 Å². The lowest BCUT2D eigenvalue weighted by Gasteiger charge is -2.30. The Morgan fingerprint density at radius 2 is 2.11 bits per heavy atom. The summed E-state index contributed by atoms with van der Waals surface area (Å²) in [4.78, 5) is 18.2. The van der Waals surface area contributed by atoms with Crippen LogP contribution in [0.4, 0.5) is 0 Å². The van der Waals surface area contributed by atoms with Crippen molar-refractivity contribution in [3.8, 4) is 0 Å². The molecule has 1 amide bonds. The van der Waals surface area contributed by atoms with E-state index in [4.69, 9.17) is 0 Å². The molecule has 4 nitrogen and oxygen atoms in total. The maximum Gasteiger partial charge on any atom is 0.223 e. The second kappa shape index (κ2) is 4.93. The Bertz CT molecular complexity index is 438. The molecule has 0 aliphatic carbocycles. The highest BCUT2D eigenvalue weighted by molar-refractivity contribution is 5.77. The number of hydrogen-bond acceptors (Lipinski definition) is 3. The zero-order chi connectivity index (χ0) is 14.1. The third-order valence-corrected chi connectivity index (χ3v) is 4.22. The van der Waals surface area contributed by atoms with Crippen molar-refractivity contribution in [2.45, 2.75) is 39.2 Å². The minimum atomic E-state index is -0.812. The van der Waals surface area contributed by atoms with E-state index in [1.807, 2.05) is 32.0 Å². The smallest absolute Gasteiger partial charge is 0.223 e. The Kier molecular flexibility index (Phi) is 3.63. The first-order valence-electron chi connectivity index (χ1n) is 6.72. The summed E-state index contributed by atoms with van der Waals surface area (Å²) in [5.74, 6) is 0.0940. The van der Waals surface area contributed by atoms with Gasteiger partial charge in [-0.15, -0.1) is 0 Å². The quantitative estimate of drug-likeness (QED) is 0.901. The first kappa shape index (κ1) is 14.0. The highest BCUT2D eigenvalue weighted by atomic mass is 16.3. The monoisotopic (exact) mass is 262 g/mol. The maximum atomic E-state index is 12.2. The fourth-order valence-electron chi connectivity index (χ4n) is 2.40. The molecule has 1 fully saturated rings. The van der Waals surface area contributed by atoms with Gasteiger partial charge < -0.3 is 10.0 Å². The van der Waals surface area contributed by atoms with E-state index in [0.717, 1.165) is 5.69 Å². The van der Waals surface area contributed by atoms with E-state index < -0.39 is 5.60 Å². The van der Waals surface area contributed by atoms with Crippen LogP contribution in [0.25, 0.3) is 0 Å². The molecular formula is C15H22N2O2. The third-order valence-electron chi connectivity index (χ3n) is 4.22. The number of likely N-dealkylation sites (tertiary alicyclic amines) is 1. The lowest BCUT2D eigenvalue weighted by atomic mass is 9.79. The molecule has 0 saturated carbocycles. The van der Waals surface area contributed by atoms with Crippen molar-refractivity contribution in [2.75, 3.05) is 13.1 Å². The first-order chi connectivity index (χ1) is 8.82. The second-order valence-electron chi connectivity index (χ2n) is 6.23. The summed E-state index contributed by atoms with van der Waals surface area (Å²) in [6.45, 7) is 6.83. The van der Waals surface area contributed by atoms with E-state index in [2.05, 4.69) is 4.98 Å². The highest BCUT2D eigenvalue weighted by Gasteiger charge is 2.48. The summed E-state index contributed by atoms with van der Waals surface area (Å²) in [6, 6.07) is 5.72. The molecule has 104 valence electrons. The highest BCUT2D eigenvalue weighted by Crippen LogP contribution is 2.38. The average Bonchev–Trinajstić information content (AvgIpc) is 2.57. The number of carbonyl (C=O) groups is 1. The van der Waals surface area contributed by atoms with Crippen LogP contribution >= 0.6 is 0 Å². The maximum absolute atomic E-state index is 12.2. The number of β-amino-alcohol motifs (C(OH)–C–C–N with tert-alkyl or cyclic N) is 1. The summed E-state index contributed by atoms with van der Waals surface area (Å²) < 4.78 is 0. The van der Waals surface area contributed by atoms with Crippen molar-refractivity contribution in [2.24, 2.45) is 5.41 Å². The zero-order valence-corrected chi connectivity index (χ0v) is 11.9. The van der Waals surface area contributed by atoms with Gasteiger partial charge in [0, 0.05) is 36.8 Å². The van der Waals surface area contributed by atoms with Gasteiger partial charge in [0.05, 0.1) is 5.60 Å². The van der Waals surface area contributed by atoms with Crippen LogP contribution in [-0.4, -0.2) is 39.6 Å². The van der Waals surface area contributed by atoms with Gasteiger partial charge >= 0.3 is 0 Å². The number of hydrogen-bond donors (Lipinski definition) is 1. The van der Waals surface area contributed by atoms with Crippen molar-refractivity contribution in [1.29, 1.82) is 0 Å². The standard InChI is InChI=1S/C15H22N2O2/c1-14(2)10-17(11-15(14,3)19)13(18)8-7-12-6-4-5-9-16-12/h4-6,9,19H,7-8,10-11H2,1-3H3/t15-/m1/s1. The molecule has 0 unspecified atom stereocenters. The zero-order valence-electron chi connectivity index (χ0n) is 11.9. The molecule has 1 aromatic rings. The van der Waals surface area contributed by atoms with Crippen LogP contribution in [0.1, 0.15) is 32.9 Å². The van der Waals surface area contributed by atoms with E-state index in [1.165, 1.54) is 0 Å². The van der Waals surface area contributed by atoms with Crippen LogP contribution < -0.4 is 0 Å². The Labute approximate surface area is 114 Å². The molecule has 1 saturated heterocycles. The predicted octanol–water partition coefficient (Wildman–Crippen LogP) is 1.63. The van der Waals surface area contributed by atoms with Gasteiger partial charge in [-0.25, -0.2) is 0 Å². The van der Waals surface area contributed by atoms with Gasteiger partial charge in [0.1, 0.15) is 0 Å². The number of nitrogens with zero attached hydrogens (tertiary/aromatic N) is 2. The van der Waals surface area contributed by atoms with Crippen molar-refractivity contribution < 1.29 is 9.90 Å². The molecule has 0 bridgehead atoms. The minimum absolute atomic E-state index is 0.0940. The van der Waals surface area contributed by atoms with Crippen molar-refractivity contribution in [3.63, 3.8) is 0 Å². The largest absolute Gasteiger partial charge is 0.388 e. The number of rotatable bonds is 3. The van der Waals surface area contributed by atoms with E-state index in [1.54, 1.807) is 18.0 Å². The summed E-state index contributed by atoms with van der Waals surface area (Å²) in [5, 5.41) is 10.3. The van der Waals surface area contributed by atoms with Crippen molar-refractivity contribution >= 4 is 5.91 Å². The Balaban J connectivity index is 1.92. The Morgan fingerprint density at radius 3 is 2.63 bits per heavy atom. The molecule has 0 aromatic carbocycles.